The van der Waals surface area contributed by atoms with Crippen LogP contribution in [0.2, 0.25) is 0 Å². The lowest BCUT2D eigenvalue weighted by Gasteiger charge is -2.18. The van der Waals surface area contributed by atoms with Crippen molar-refractivity contribution in [3.8, 4) is 0 Å². The molecule has 0 saturated carbocycles. The Morgan fingerprint density at radius 1 is 1.44 bits per heavy atom. The number of nitrogens with zero attached hydrogens (tertiary/aromatic N) is 1. The molecule has 0 bridgehead atoms. The second kappa shape index (κ2) is 3.37. The van der Waals surface area contributed by atoms with Crippen LogP contribution in [-0.4, -0.2) is 20.0 Å². The van der Waals surface area contributed by atoms with E-state index < -0.39 is 5.41 Å². The van der Waals surface area contributed by atoms with Gasteiger partial charge in [0.05, 0.1) is 5.41 Å². The molecule has 0 aliphatic carbocycles. The van der Waals surface area contributed by atoms with Gasteiger partial charge >= 0.3 is 0 Å². The number of hydrogen-bond acceptors (Lipinski definition) is 2. The van der Waals surface area contributed by atoms with Crippen LogP contribution in [0, 0.1) is 0 Å². The number of hydrogen-bond donors (Lipinski definition) is 1. The highest BCUT2D eigenvalue weighted by Crippen LogP contribution is 2.39. The minimum atomic E-state index is -0.597. The summed E-state index contributed by atoms with van der Waals surface area (Å²) in [6.45, 7) is 5.64. The Labute approximate surface area is 95.8 Å². The molecular formula is C13H16N2O. The Kier molecular flexibility index (Phi) is 2.26. The van der Waals surface area contributed by atoms with E-state index in [1.54, 1.807) is 6.08 Å². The third-order valence-electron chi connectivity index (χ3n) is 3.21. The molecule has 1 aliphatic rings. The molecule has 1 amide bonds. The predicted molar refractivity (Wildman–Crippen MR) is 66.9 cm³/mol. The highest BCUT2D eigenvalue weighted by Gasteiger charge is 2.39. The van der Waals surface area contributed by atoms with Gasteiger partial charge in [-0.05, 0) is 24.6 Å². The van der Waals surface area contributed by atoms with Crippen molar-refractivity contribution in [1.29, 1.82) is 0 Å². The first kappa shape index (κ1) is 10.7. The smallest absolute Gasteiger partial charge is 0.238 e. The molecule has 0 radical (unpaired) electrons. The van der Waals surface area contributed by atoms with Crippen molar-refractivity contribution >= 4 is 17.3 Å². The molecule has 1 aliphatic heterocycles. The van der Waals surface area contributed by atoms with Gasteiger partial charge in [0.2, 0.25) is 5.91 Å². The molecule has 3 heteroatoms. The minimum absolute atomic E-state index is 0.00611. The standard InChI is InChI=1S/C13H16N2O/c1-5-13(2)10-7-6-9(15(3)4)8-11(10)14-12(13)16/h5-8H,1H2,2-4H3,(H,14,16). The number of rotatable bonds is 2. The van der Waals surface area contributed by atoms with E-state index in [-0.39, 0.29) is 5.91 Å². The average molecular weight is 216 g/mol. The molecule has 2 rings (SSSR count). The Hall–Kier alpha value is -1.77. The van der Waals surface area contributed by atoms with Gasteiger partial charge in [-0.3, -0.25) is 4.79 Å². The molecule has 84 valence electrons. The molecule has 1 aromatic rings. The lowest BCUT2D eigenvalue weighted by Crippen LogP contribution is -2.28. The zero-order valence-electron chi connectivity index (χ0n) is 9.87. The lowest BCUT2D eigenvalue weighted by molar-refractivity contribution is -0.118. The topological polar surface area (TPSA) is 32.3 Å². The van der Waals surface area contributed by atoms with Crippen LogP contribution >= 0.6 is 0 Å². The fraction of sp³-hybridized carbons (Fsp3) is 0.308. The van der Waals surface area contributed by atoms with Crippen molar-refractivity contribution in [3.05, 3.63) is 36.4 Å². The van der Waals surface area contributed by atoms with E-state index in [1.807, 2.05) is 44.1 Å². The van der Waals surface area contributed by atoms with E-state index in [9.17, 15) is 4.79 Å². The van der Waals surface area contributed by atoms with Crippen LogP contribution in [0.5, 0.6) is 0 Å². The van der Waals surface area contributed by atoms with Gasteiger partial charge in [0.1, 0.15) is 0 Å². The molecular weight excluding hydrogens is 200 g/mol. The molecule has 16 heavy (non-hydrogen) atoms. The van der Waals surface area contributed by atoms with Crippen molar-refractivity contribution in [2.45, 2.75) is 12.3 Å². The number of fused-ring (bicyclic) bond motifs is 1. The van der Waals surface area contributed by atoms with Gasteiger partial charge in [-0.1, -0.05) is 12.1 Å². The molecule has 1 unspecified atom stereocenters. The van der Waals surface area contributed by atoms with Gasteiger partial charge in [-0.15, -0.1) is 6.58 Å². The first-order valence-corrected chi connectivity index (χ1v) is 5.26. The highest BCUT2D eigenvalue weighted by atomic mass is 16.2. The Morgan fingerprint density at radius 3 is 2.69 bits per heavy atom. The molecule has 0 saturated heterocycles. The summed E-state index contributed by atoms with van der Waals surface area (Å²) in [7, 11) is 3.95. The number of anilines is 2. The quantitative estimate of drug-likeness (QED) is 0.768. The number of carbonyl (C=O) groups excluding carboxylic acids is 1. The molecule has 1 N–H and O–H groups in total. The normalized spacial score (nSPS) is 22.6. The number of amides is 1. The van der Waals surface area contributed by atoms with Crippen LogP contribution in [0.1, 0.15) is 12.5 Å². The third kappa shape index (κ3) is 1.32. The van der Waals surface area contributed by atoms with Crippen molar-refractivity contribution in [1.82, 2.24) is 0 Å². The fourth-order valence-electron chi connectivity index (χ4n) is 1.94. The maximum Gasteiger partial charge on any atom is 0.238 e. The molecule has 1 heterocycles. The van der Waals surface area contributed by atoms with E-state index >= 15 is 0 Å². The number of benzene rings is 1. The summed E-state index contributed by atoms with van der Waals surface area (Å²) < 4.78 is 0. The molecule has 3 nitrogen and oxygen atoms in total. The van der Waals surface area contributed by atoms with Crippen LogP contribution in [0.25, 0.3) is 0 Å². The predicted octanol–water partition coefficient (Wildman–Crippen LogP) is 2.15. The van der Waals surface area contributed by atoms with E-state index in [2.05, 4.69) is 11.9 Å². The minimum Gasteiger partial charge on any atom is -0.378 e. The SMILES string of the molecule is C=CC1(C)C(=O)Nc2cc(N(C)C)ccc21. The summed E-state index contributed by atoms with van der Waals surface area (Å²) in [4.78, 5) is 13.9. The monoisotopic (exact) mass is 216 g/mol. The fourth-order valence-corrected chi connectivity index (χ4v) is 1.94. The largest absolute Gasteiger partial charge is 0.378 e. The van der Waals surface area contributed by atoms with Gasteiger partial charge in [0, 0.05) is 25.5 Å². The second-order valence-corrected chi connectivity index (χ2v) is 4.48. The molecule has 0 fully saturated rings. The summed E-state index contributed by atoms with van der Waals surface area (Å²) in [6, 6.07) is 5.99. The maximum absolute atomic E-state index is 11.9. The average Bonchev–Trinajstić information content (AvgIpc) is 2.51. The maximum atomic E-state index is 11.9. The summed E-state index contributed by atoms with van der Waals surface area (Å²) in [6.07, 6.45) is 1.70. The van der Waals surface area contributed by atoms with Crippen LogP contribution in [0.3, 0.4) is 0 Å². The van der Waals surface area contributed by atoms with Crippen LogP contribution in [0.15, 0.2) is 30.9 Å². The molecule has 0 spiro atoms. The summed E-state index contributed by atoms with van der Waals surface area (Å²) >= 11 is 0. The Balaban J connectivity index is 2.55. The van der Waals surface area contributed by atoms with E-state index in [1.165, 1.54) is 0 Å². The van der Waals surface area contributed by atoms with Crippen LogP contribution in [-0.2, 0) is 10.2 Å². The van der Waals surface area contributed by atoms with E-state index in [4.69, 9.17) is 0 Å². The van der Waals surface area contributed by atoms with E-state index in [0.29, 0.717) is 0 Å². The van der Waals surface area contributed by atoms with Crippen LogP contribution < -0.4 is 10.2 Å². The Bertz CT molecular complexity index is 465. The van der Waals surface area contributed by atoms with Gasteiger partial charge in [0.25, 0.3) is 0 Å². The molecule has 1 aromatic carbocycles. The molecule has 0 aromatic heterocycles. The van der Waals surface area contributed by atoms with Gasteiger partial charge in [-0.2, -0.15) is 0 Å². The summed E-state index contributed by atoms with van der Waals surface area (Å²) in [5.74, 6) is -0.00611. The Morgan fingerprint density at radius 2 is 2.12 bits per heavy atom. The first-order chi connectivity index (χ1) is 7.49. The van der Waals surface area contributed by atoms with Gasteiger partial charge < -0.3 is 10.2 Å². The lowest BCUT2D eigenvalue weighted by atomic mass is 9.84. The third-order valence-corrected chi connectivity index (χ3v) is 3.21. The van der Waals surface area contributed by atoms with Gasteiger partial charge in [0.15, 0.2) is 0 Å². The van der Waals surface area contributed by atoms with Gasteiger partial charge in [-0.25, -0.2) is 0 Å². The highest BCUT2D eigenvalue weighted by molar-refractivity contribution is 6.07. The van der Waals surface area contributed by atoms with Crippen molar-refractivity contribution in [2.75, 3.05) is 24.3 Å². The number of carbonyl (C=O) groups is 1. The van der Waals surface area contributed by atoms with E-state index in [0.717, 1.165) is 16.9 Å². The van der Waals surface area contributed by atoms with Crippen molar-refractivity contribution < 1.29 is 4.79 Å². The first-order valence-electron chi connectivity index (χ1n) is 5.26. The summed E-state index contributed by atoms with van der Waals surface area (Å²) in [5, 5.41) is 2.90. The molecule has 1 atom stereocenters. The summed E-state index contributed by atoms with van der Waals surface area (Å²) in [5.41, 5.74) is 2.37. The van der Waals surface area contributed by atoms with Crippen molar-refractivity contribution in [3.63, 3.8) is 0 Å². The number of nitrogens with one attached hydrogen (secondary N) is 1. The second-order valence-electron chi connectivity index (χ2n) is 4.48. The van der Waals surface area contributed by atoms with Crippen LogP contribution in [0.4, 0.5) is 11.4 Å². The zero-order chi connectivity index (χ0) is 11.9. The van der Waals surface area contributed by atoms with Crippen molar-refractivity contribution in [2.24, 2.45) is 0 Å². The zero-order valence-corrected chi connectivity index (χ0v) is 9.87.